The SMILES string of the molecule is CCOC(=O)[C@H]1C2CCC(CC2)[C@@H]1Nc1nc(-c2nn(S(=O)(=O)c3ccc(C)cc3)c3ncc(F)cc23)nc(C2CC2)c1F. The summed E-state index contributed by atoms with van der Waals surface area (Å²) in [5.74, 6) is -2.08. The highest BCUT2D eigenvalue weighted by Crippen LogP contribution is 2.48. The van der Waals surface area contributed by atoms with E-state index in [-0.39, 0.29) is 75.3 Å². The summed E-state index contributed by atoms with van der Waals surface area (Å²) in [6.07, 6.45) is 6.02. The minimum absolute atomic E-state index is 0.0245. The first-order valence-corrected chi connectivity index (χ1v) is 16.5. The molecule has 13 heteroatoms. The van der Waals surface area contributed by atoms with Gasteiger partial charge in [-0.2, -0.15) is 13.5 Å². The fourth-order valence-corrected chi connectivity index (χ4v) is 8.02. The fraction of sp³-hybridized carbons (Fsp3) is 0.452. The van der Waals surface area contributed by atoms with Gasteiger partial charge in [-0.25, -0.2) is 23.7 Å². The summed E-state index contributed by atoms with van der Waals surface area (Å²) in [7, 11) is -4.24. The maximum absolute atomic E-state index is 16.1. The molecule has 0 spiro atoms. The molecule has 0 aliphatic heterocycles. The summed E-state index contributed by atoms with van der Waals surface area (Å²) in [6, 6.07) is 6.98. The lowest BCUT2D eigenvalue weighted by molar-refractivity contribution is -0.154. The number of rotatable bonds is 8. The van der Waals surface area contributed by atoms with Gasteiger partial charge < -0.3 is 10.1 Å². The second-order valence-electron chi connectivity index (χ2n) is 12.0. The Kier molecular flexibility index (Phi) is 7.10. The molecule has 0 radical (unpaired) electrons. The molecule has 2 bridgehead atoms. The average Bonchev–Trinajstić information content (AvgIpc) is 3.79. The van der Waals surface area contributed by atoms with Crippen LogP contribution in [-0.2, 0) is 19.6 Å². The number of halogens is 2. The van der Waals surface area contributed by atoms with Crippen molar-refractivity contribution in [2.24, 2.45) is 17.8 Å². The van der Waals surface area contributed by atoms with E-state index in [9.17, 15) is 17.6 Å². The summed E-state index contributed by atoms with van der Waals surface area (Å²) in [5, 5.41) is 7.70. The predicted molar refractivity (Wildman–Crippen MR) is 157 cm³/mol. The molecule has 2 atom stereocenters. The van der Waals surface area contributed by atoms with Crippen LogP contribution in [-0.4, -0.2) is 51.2 Å². The zero-order valence-electron chi connectivity index (χ0n) is 24.3. The van der Waals surface area contributed by atoms with Crippen molar-refractivity contribution in [1.29, 1.82) is 0 Å². The maximum Gasteiger partial charge on any atom is 0.311 e. The average molecular weight is 623 g/mol. The van der Waals surface area contributed by atoms with Gasteiger partial charge >= 0.3 is 5.97 Å². The number of pyridine rings is 1. The van der Waals surface area contributed by atoms with Crippen molar-refractivity contribution in [3.63, 3.8) is 0 Å². The molecule has 10 nitrogen and oxygen atoms in total. The van der Waals surface area contributed by atoms with Gasteiger partial charge in [-0.1, -0.05) is 17.7 Å². The topological polar surface area (TPSA) is 129 Å². The van der Waals surface area contributed by atoms with E-state index < -0.39 is 27.6 Å². The van der Waals surface area contributed by atoms with Gasteiger partial charge in [0.2, 0.25) is 0 Å². The largest absolute Gasteiger partial charge is 0.466 e. The molecule has 1 aromatic carbocycles. The Labute approximate surface area is 253 Å². The third kappa shape index (κ3) is 4.90. The molecule has 0 amide bonds. The van der Waals surface area contributed by atoms with Crippen LogP contribution in [0.5, 0.6) is 0 Å². The van der Waals surface area contributed by atoms with Crippen LogP contribution in [0.1, 0.15) is 62.6 Å². The zero-order valence-corrected chi connectivity index (χ0v) is 25.2. The van der Waals surface area contributed by atoms with Crippen LogP contribution >= 0.6 is 0 Å². The van der Waals surface area contributed by atoms with Gasteiger partial charge in [-0.05, 0) is 82.4 Å². The lowest BCUT2D eigenvalue weighted by Crippen LogP contribution is -2.52. The van der Waals surface area contributed by atoms with Crippen LogP contribution in [0.4, 0.5) is 14.6 Å². The van der Waals surface area contributed by atoms with E-state index in [0.717, 1.165) is 60.4 Å². The van der Waals surface area contributed by atoms with Crippen molar-refractivity contribution in [2.45, 2.75) is 69.2 Å². The van der Waals surface area contributed by atoms with Crippen molar-refractivity contribution in [3.05, 3.63) is 59.4 Å². The number of benzene rings is 1. The molecule has 3 aromatic heterocycles. The number of fused-ring (bicyclic) bond motifs is 4. The summed E-state index contributed by atoms with van der Waals surface area (Å²) in [5.41, 5.74) is 0.905. The Morgan fingerprint density at radius 2 is 1.75 bits per heavy atom. The molecule has 1 N–H and O–H groups in total. The smallest absolute Gasteiger partial charge is 0.311 e. The van der Waals surface area contributed by atoms with Crippen LogP contribution in [0.2, 0.25) is 0 Å². The van der Waals surface area contributed by atoms with Crippen molar-refractivity contribution >= 4 is 32.8 Å². The molecule has 4 fully saturated rings. The normalized spacial score (nSPS) is 23.2. The van der Waals surface area contributed by atoms with Crippen LogP contribution in [0.3, 0.4) is 0 Å². The van der Waals surface area contributed by atoms with Crippen LogP contribution in [0, 0.1) is 36.3 Å². The number of ether oxygens (including phenoxy) is 1. The standard InChI is InChI=1S/C31H32F2N6O4S/c1-3-43-31(40)23-17-6-8-18(9-7-17)25(23)35-28-24(33)26(19-10-11-19)36-29(37-28)27-22-14-20(32)15-34-30(22)39(38-27)44(41,42)21-12-4-16(2)5-13-21/h4-5,12-15,17-19,23,25H,3,6-11H2,1-2H3,(H,35,36,37)/t17?,18?,23-,25-/m0/s1. The molecule has 8 rings (SSSR count). The molecule has 44 heavy (non-hydrogen) atoms. The van der Waals surface area contributed by atoms with Gasteiger partial charge in [0.1, 0.15) is 11.5 Å². The summed E-state index contributed by atoms with van der Waals surface area (Å²) < 4.78 is 64.1. The molecular formula is C31H32F2N6O4S. The van der Waals surface area contributed by atoms with Gasteiger partial charge in [-0.3, -0.25) is 4.79 Å². The molecule has 4 saturated carbocycles. The van der Waals surface area contributed by atoms with Crippen LogP contribution in [0.25, 0.3) is 22.6 Å². The molecule has 4 aliphatic carbocycles. The Balaban J connectivity index is 1.36. The van der Waals surface area contributed by atoms with Crippen molar-refractivity contribution < 1.29 is 26.7 Å². The number of esters is 1. The van der Waals surface area contributed by atoms with Gasteiger partial charge in [0.25, 0.3) is 10.0 Å². The van der Waals surface area contributed by atoms with E-state index in [0.29, 0.717) is 0 Å². The highest BCUT2D eigenvalue weighted by molar-refractivity contribution is 7.90. The fourth-order valence-electron chi connectivity index (χ4n) is 6.78. The second-order valence-corrected chi connectivity index (χ2v) is 13.8. The number of hydrogen-bond acceptors (Lipinski definition) is 9. The number of anilines is 1. The molecule has 0 saturated heterocycles. The van der Waals surface area contributed by atoms with Gasteiger partial charge in [-0.15, -0.1) is 4.09 Å². The molecule has 4 aliphatic rings. The maximum atomic E-state index is 16.1. The second kappa shape index (κ2) is 10.9. The zero-order chi connectivity index (χ0) is 30.7. The Morgan fingerprint density at radius 1 is 1.05 bits per heavy atom. The van der Waals surface area contributed by atoms with E-state index >= 15 is 4.39 Å². The van der Waals surface area contributed by atoms with Crippen LogP contribution in [0.15, 0.2) is 41.4 Å². The lowest BCUT2D eigenvalue weighted by atomic mass is 9.61. The van der Waals surface area contributed by atoms with Gasteiger partial charge in [0.05, 0.1) is 34.7 Å². The molecule has 0 unspecified atom stereocenters. The third-order valence-corrected chi connectivity index (χ3v) is 10.7. The molecule has 230 valence electrons. The first kappa shape index (κ1) is 28.8. The van der Waals surface area contributed by atoms with E-state index in [1.165, 1.54) is 12.1 Å². The summed E-state index contributed by atoms with van der Waals surface area (Å²) in [4.78, 5) is 26.1. The molecular weight excluding hydrogens is 590 g/mol. The van der Waals surface area contributed by atoms with E-state index in [1.54, 1.807) is 19.1 Å². The number of nitrogens with zero attached hydrogens (tertiary/aromatic N) is 5. The third-order valence-electron chi connectivity index (χ3n) is 9.14. The first-order chi connectivity index (χ1) is 21.2. The molecule has 4 aromatic rings. The first-order valence-electron chi connectivity index (χ1n) is 15.0. The Morgan fingerprint density at radius 3 is 2.43 bits per heavy atom. The number of nitrogens with one attached hydrogen (secondary N) is 1. The number of aromatic nitrogens is 5. The predicted octanol–water partition coefficient (Wildman–Crippen LogP) is 5.37. The lowest BCUT2D eigenvalue weighted by Gasteiger charge is -2.47. The van der Waals surface area contributed by atoms with Crippen LogP contribution < -0.4 is 5.32 Å². The van der Waals surface area contributed by atoms with E-state index in [2.05, 4.69) is 25.4 Å². The van der Waals surface area contributed by atoms with E-state index in [1.807, 2.05) is 6.92 Å². The van der Waals surface area contributed by atoms with Gasteiger partial charge in [0.15, 0.2) is 23.1 Å². The van der Waals surface area contributed by atoms with Gasteiger partial charge in [0, 0.05) is 12.0 Å². The number of carbonyl (C=O) groups is 1. The van der Waals surface area contributed by atoms with Crippen molar-refractivity contribution in [2.75, 3.05) is 11.9 Å². The molecule has 3 heterocycles. The number of aryl methyl sites for hydroxylation is 1. The summed E-state index contributed by atoms with van der Waals surface area (Å²) >= 11 is 0. The minimum Gasteiger partial charge on any atom is -0.466 e. The minimum atomic E-state index is -4.24. The highest BCUT2D eigenvalue weighted by atomic mass is 32.2. The highest BCUT2D eigenvalue weighted by Gasteiger charge is 2.48. The Bertz CT molecular complexity index is 1870. The quantitative estimate of drug-likeness (QED) is 0.258. The van der Waals surface area contributed by atoms with E-state index in [4.69, 9.17) is 4.74 Å². The van der Waals surface area contributed by atoms with Crippen molar-refractivity contribution in [1.82, 2.24) is 24.1 Å². The monoisotopic (exact) mass is 622 g/mol. The Hall–Kier alpha value is -4.00. The number of carbonyl (C=O) groups excluding carboxylic acids is 1. The van der Waals surface area contributed by atoms with Crippen molar-refractivity contribution in [3.8, 4) is 11.5 Å². The number of hydrogen-bond donors (Lipinski definition) is 1. The summed E-state index contributed by atoms with van der Waals surface area (Å²) in [6.45, 7) is 3.85.